The lowest BCUT2D eigenvalue weighted by molar-refractivity contribution is 0.1000. The normalized spacial score (nSPS) is 10.6. The maximum atomic E-state index is 11.1. The fraction of sp³-hybridized carbons (Fsp3) is 0.286. The summed E-state index contributed by atoms with van der Waals surface area (Å²) in [5, 5.41) is 1.11. The van der Waals surface area contributed by atoms with Gasteiger partial charge in [-0.05, 0) is 31.5 Å². The van der Waals surface area contributed by atoms with Crippen LogP contribution in [-0.4, -0.2) is 10.9 Å². The molecule has 0 fully saturated rings. The third-order valence-electron chi connectivity index (χ3n) is 2.71. The lowest BCUT2D eigenvalue weighted by Crippen LogP contribution is -2.10. The summed E-state index contributed by atoms with van der Waals surface area (Å²) in [4.78, 5) is 16.9. The second kappa shape index (κ2) is 6.21. The predicted molar refractivity (Wildman–Crippen MR) is 81.5 cm³/mol. The van der Waals surface area contributed by atoms with Crippen molar-refractivity contribution in [2.24, 2.45) is 5.73 Å². The molecule has 5 heteroatoms. The number of rotatable bonds is 5. The molecule has 0 aliphatic carbocycles. The zero-order valence-electron chi connectivity index (χ0n) is 11.0. The van der Waals surface area contributed by atoms with Crippen LogP contribution < -0.4 is 5.73 Å². The Labute approximate surface area is 121 Å². The van der Waals surface area contributed by atoms with Gasteiger partial charge in [0.25, 0.3) is 0 Å². The summed E-state index contributed by atoms with van der Waals surface area (Å²) >= 11 is 3.58. The maximum Gasteiger partial charge on any atom is 0.248 e. The van der Waals surface area contributed by atoms with Crippen molar-refractivity contribution in [3.8, 4) is 0 Å². The molecular formula is C14H16N2OS2. The monoisotopic (exact) mass is 292 g/mol. The Morgan fingerprint density at radius 2 is 2.16 bits per heavy atom. The molecule has 0 saturated heterocycles. The fourth-order valence-corrected chi connectivity index (χ4v) is 3.91. The molecule has 2 N–H and O–H groups in total. The number of aromatic nitrogens is 1. The van der Waals surface area contributed by atoms with Gasteiger partial charge in [-0.15, -0.1) is 11.3 Å². The van der Waals surface area contributed by atoms with Gasteiger partial charge in [0, 0.05) is 21.9 Å². The molecular weight excluding hydrogens is 276 g/mol. The molecule has 1 aromatic heterocycles. The Balaban J connectivity index is 1.94. The Hall–Kier alpha value is -1.33. The van der Waals surface area contributed by atoms with Crippen LogP contribution in [0.15, 0.2) is 24.3 Å². The summed E-state index contributed by atoms with van der Waals surface area (Å²) in [5.74, 6) is 1.45. The Morgan fingerprint density at radius 1 is 1.37 bits per heavy atom. The molecule has 0 bridgehead atoms. The van der Waals surface area contributed by atoms with E-state index in [2.05, 4.69) is 4.98 Å². The van der Waals surface area contributed by atoms with Gasteiger partial charge in [0.15, 0.2) is 0 Å². The molecule has 0 radical (unpaired) electrons. The molecule has 0 spiro atoms. The van der Waals surface area contributed by atoms with E-state index in [4.69, 9.17) is 5.73 Å². The van der Waals surface area contributed by atoms with Gasteiger partial charge in [-0.2, -0.15) is 11.8 Å². The van der Waals surface area contributed by atoms with Crippen LogP contribution in [0.3, 0.4) is 0 Å². The van der Waals surface area contributed by atoms with Gasteiger partial charge in [0.1, 0.15) is 0 Å². The van der Waals surface area contributed by atoms with Gasteiger partial charge in [-0.1, -0.05) is 12.1 Å². The predicted octanol–water partition coefficient (Wildman–Crippen LogP) is 3.29. The van der Waals surface area contributed by atoms with Crippen molar-refractivity contribution >= 4 is 29.0 Å². The Kier molecular flexibility index (Phi) is 4.61. The Bertz CT molecular complexity index is 593. The zero-order valence-corrected chi connectivity index (χ0v) is 12.6. The van der Waals surface area contributed by atoms with Gasteiger partial charge in [-0.25, -0.2) is 4.98 Å². The molecule has 2 rings (SSSR count). The van der Waals surface area contributed by atoms with E-state index >= 15 is 0 Å². The molecule has 0 aliphatic heterocycles. The highest BCUT2D eigenvalue weighted by molar-refractivity contribution is 7.97. The number of thiazole rings is 1. The summed E-state index contributed by atoms with van der Waals surface area (Å²) in [6, 6.07) is 7.50. The minimum atomic E-state index is -0.374. The highest BCUT2D eigenvalue weighted by atomic mass is 32.2. The number of carbonyl (C=O) groups is 1. The minimum Gasteiger partial charge on any atom is -0.366 e. The zero-order chi connectivity index (χ0) is 13.8. The number of amides is 1. The van der Waals surface area contributed by atoms with Crippen LogP contribution in [0.25, 0.3) is 0 Å². The van der Waals surface area contributed by atoms with Crippen LogP contribution in [-0.2, 0) is 11.5 Å². The lowest BCUT2D eigenvalue weighted by Gasteiger charge is -2.03. The van der Waals surface area contributed by atoms with E-state index in [-0.39, 0.29) is 5.91 Å². The first-order valence-electron chi connectivity index (χ1n) is 5.95. The van der Waals surface area contributed by atoms with E-state index in [9.17, 15) is 4.79 Å². The number of nitrogens with two attached hydrogens (primary N) is 1. The molecule has 19 heavy (non-hydrogen) atoms. The van der Waals surface area contributed by atoms with Gasteiger partial charge in [-0.3, -0.25) is 4.79 Å². The van der Waals surface area contributed by atoms with Gasteiger partial charge in [0.2, 0.25) is 5.91 Å². The number of hydrogen-bond donors (Lipinski definition) is 1. The van der Waals surface area contributed by atoms with Crippen LogP contribution in [0.2, 0.25) is 0 Å². The molecule has 100 valence electrons. The number of aryl methyl sites for hydroxylation is 2. The molecule has 0 unspecified atom stereocenters. The molecule has 1 aromatic carbocycles. The van der Waals surface area contributed by atoms with Crippen molar-refractivity contribution in [1.82, 2.24) is 4.98 Å². The smallest absolute Gasteiger partial charge is 0.248 e. The highest BCUT2D eigenvalue weighted by Crippen LogP contribution is 2.25. The average Bonchev–Trinajstić information content (AvgIpc) is 2.68. The van der Waals surface area contributed by atoms with Crippen molar-refractivity contribution in [3.05, 3.63) is 51.0 Å². The van der Waals surface area contributed by atoms with E-state index in [1.54, 1.807) is 17.4 Å². The summed E-state index contributed by atoms with van der Waals surface area (Å²) in [6.45, 7) is 4.08. The summed E-state index contributed by atoms with van der Waals surface area (Å²) in [5.41, 5.74) is 8.10. The number of primary amides is 1. The molecule has 1 heterocycles. The van der Waals surface area contributed by atoms with Crippen LogP contribution in [0.1, 0.15) is 31.5 Å². The molecule has 2 aromatic rings. The quantitative estimate of drug-likeness (QED) is 0.920. The van der Waals surface area contributed by atoms with Gasteiger partial charge >= 0.3 is 0 Å². The molecule has 0 saturated carbocycles. The first kappa shape index (κ1) is 14.1. The first-order chi connectivity index (χ1) is 9.06. The Morgan fingerprint density at radius 3 is 2.79 bits per heavy atom. The van der Waals surface area contributed by atoms with E-state index in [1.165, 1.54) is 4.88 Å². The summed E-state index contributed by atoms with van der Waals surface area (Å²) < 4.78 is 0. The van der Waals surface area contributed by atoms with Crippen molar-refractivity contribution in [2.45, 2.75) is 25.4 Å². The summed E-state index contributed by atoms with van der Waals surface area (Å²) in [7, 11) is 0. The molecule has 1 amide bonds. The fourth-order valence-electron chi connectivity index (χ4n) is 1.78. The molecule has 0 atom stereocenters. The third kappa shape index (κ3) is 3.81. The van der Waals surface area contributed by atoms with E-state index in [1.807, 2.05) is 43.8 Å². The second-order valence-corrected chi connectivity index (χ2v) is 6.57. The van der Waals surface area contributed by atoms with Gasteiger partial charge < -0.3 is 5.73 Å². The number of nitrogens with zero attached hydrogens (tertiary/aromatic N) is 1. The van der Waals surface area contributed by atoms with E-state index < -0.39 is 0 Å². The van der Waals surface area contributed by atoms with Crippen LogP contribution in [0, 0.1) is 13.8 Å². The topological polar surface area (TPSA) is 56.0 Å². The standard InChI is InChI=1S/C14H16N2OS2/c1-9-13(19-10(2)16-9)8-18-7-11-4-3-5-12(6-11)14(15)17/h3-6H,7-8H2,1-2H3,(H2,15,17). The summed E-state index contributed by atoms with van der Waals surface area (Å²) in [6.07, 6.45) is 0. The highest BCUT2D eigenvalue weighted by Gasteiger charge is 2.06. The van der Waals surface area contributed by atoms with Crippen molar-refractivity contribution in [1.29, 1.82) is 0 Å². The van der Waals surface area contributed by atoms with Crippen LogP contribution in [0.5, 0.6) is 0 Å². The van der Waals surface area contributed by atoms with Crippen molar-refractivity contribution in [3.63, 3.8) is 0 Å². The average molecular weight is 292 g/mol. The number of benzene rings is 1. The molecule has 0 aliphatic rings. The number of carbonyl (C=O) groups excluding carboxylic acids is 1. The SMILES string of the molecule is Cc1nc(C)c(CSCc2cccc(C(N)=O)c2)s1. The second-order valence-electron chi connectivity index (χ2n) is 4.30. The van der Waals surface area contributed by atoms with Crippen LogP contribution >= 0.6 is 23.1 Å². The van der Waals surface area contributed by atoms with E-state index in [0.717, 1.165) is 27.8 Å². The minimum absolute atomic E-state index is 0.374. The molecule has 3 nitrogen and oxygen atoms in total. The first-order valence-corrected chi connectivity index (χ1v) is 7.93. The van der Waals surface area contributed by atoms with Crippen molar-refractivity contribution < 1.29 is 4.79 Å². The third-order valence-corrected chi connectivity index (χ3v) is 5.00. The number of thioether (sulfide) groups is 1. The van der Waals surface area contributed by atoms with Gasteiger partial charge in [0.05, 0.1) is 10.7 Å². The van der Waals surface area contributed by atoms with Crippen LogP contribution in [0.4, 0.5) is 0 Å². The maximum absolute atomic E-state index is 11.1. The lowest BCUT2D eigenvalue weighted by atomic mass is 10.1. The number of hydrogen-bond acceptors (Lipinski definition) is 4. The van der Waals surface area contributed by atoms with Crippen molar-refractivity contribution in [2.75, 3.05) is 0 Å². The van der Waals surface area contributed by atoms with E-state index in [0.29, 0.717) is 5.56 Å². The largest absolute Gasteiger partial charge is 0.366 e.